The SMILES string of the molecule is CCCCC[C@H]1CC[C@H](CCC2=CN(Cl)C(c3ccc(C#N)cc3)N=C2)CC1. The molecule has 2 aliphatic rings. The molecular formula is C24H32ClN3. The van der Waals surface area contributed by atoms with Gasteiger partial charge in [-0.3, -0.25) is 9.41 Å². The van der Waals surface area contributed by atoms with Gasteiger partial charge in [-0.15, -0.1) is 0 Å². The second kappa shape index (κ2) is 10.7. The van der Waals surface area contributed by atoms with E-state index in [1.807, 2.05) is 36.7 Å². The Hall–Kier alpha value is -1.79. The quantitative estimate of drug-likeness (QED) is 0.345. The lowest BCUT2D eigenvalue weighted by Crippen LogP contribution is -2.18. The number of hydrogen-bond acceptors (Lipinski definition) is 3. The van der Waals surface area contributed by atoms with Crippen molar-refractivity contribution in [3.05, 3.63) is 47.2 Å². The molecule has 0 saturated heterocycles. The molecule has 4 heteroatoms. The molecule has 1 aromatic rings. The maximum Gasteiger partial charge on any atom is 0.161 e. The largest absolute Gasteiger partial charge is 0.264 e. The Morgan fingerprint density at radius 1 is 1.07 bits per heavy atom. The van der Waals surface area contributed by atoms with Crippen molar-refractivity contribution in [1.29, 1.82) is 5.26 Å². The van der Waals surface area contributed by atoms with E-state index in [0.717, 1.165) is 23.8 Å². The molecule has 28 heavy (non-hydrogen) atoms. The smallest absolute Gasteiger partial charge is 0.161 e. The number of halogens is 1. The van der Waals surface area contributed by atoms with Crippen LogP contribution in [0.2, 0.25) is 0 Å². The van der Waals surface area contributed by atoms with Gasteiger partial charge in [0.2, 0.25) is 0 Å². The Labute approximate surface area is 175 Å². The lowest BCUT2D eigenvalue weighted by atomic mass is 9.78. The molecule has 0 N–H and O–H groups in total. The first-order valence-corrected chi connectivity index (χ1v) is 11.2. The van der Waals surface area contributed by atoms with Crippen molar-refractivity contribution >= 4 is 18.0 Å². The molecular weight excluding hydrogens is 366 g/mol. The first-order valence-electron chi connectivity index (χ1n) is 10.9. The zero-order valence-corrected chi connectivity index (χ0v) is 17.7. The number of aliphatic imine (C=N–C) groups is 1. The zero-order chi connectivity index (χ0) is 19.8. The van der Waals surface area contributed by atoms with Crippen LogP contribution in [0.5, 0.6) is 0 Å². The fourth-order valence-corrected chi connectivity index (χ4v) is 4.73. The van der Waals surface area contributed by atoms with Crippen molar-refractivity contribution in [2.75, 3.05) is 0 Å². The first kappa shape index (κ1) is 20.9. The highest BCUT2D eigenvalue weighted by Crippen LogP contribution is 2.35. The normalized spacial score (nSPS) is 24.7. The Morgan fingerprint density at radius 2 is 1.75 bits per heavy atom. The van der Waals surface area contributed by atoms with E-state index in [-0.39, 0.29) is 6.17 Å². The lowest BCUT2D eigenvalue weighted by molar-refractivity contribution is 0.249. The van der Waals surface area contributed by atoms with Crippen molar-refractivity contribution in [2.45, 2.75) is 77.3 Å². The minimum Gasteiger partial charge on any atom is -0.264 e. The molecule has 0 bridgehead atoms. The fourth-order valence-electron chi connectivity index (χ4n) is 4.44. The average Bonchev–Trinajstić information content (AvgIpc) is 2.73. The van der Waals surface area contributed by atoms with E-state index in [1.54, 1.807) is 4.42 Å². The number of nitriles is 1. The highest BCUT2D eigenvalue weighted by atomic mass is 35.5. The van der Waals surface area contributed by atoms with E-state index in [2.05, 4.69) is 18.0 Å². The molecule has 1 aliphatic heterocycles. The summed E-state index contributed by atoms with van der Waals surface area (Å²) in [5.74, 6) is 1.83. The van der Waals surface area contributed by atoms with Crippen molar-refractivity contribution in [1.82, 2.24) is 4.42 Å². The van der Waals surface area contributed by atoms with E-state index >= 15 is 0 Å². The van der Waals surface area contributed by atoms with Gasteiger partial charge in [0.15, 0.2) is 6.17 Å². The van der Waals surface area contributed by atoms with E-state index < -0.39 is 0 Å². The average molecular weight is 398 g/mol. The number of unbranched alkanes of at least 4 members (excludes halogenated alkanes) is 2. The fraction of sp³-hybridized carbons (Fsp3) is 0.583. The van der Waals surface area contributed by atoms with E-state index in [9.17, 15) is 0 Å². The van der Waals surface area contributed by atoms with E-state index in [0.29, 0.717) is 5.56 Å². The van der Waals surface area contributed by atoms with Gasteiger partial charge in [-0.1, -0.05) is 70.4 Å². The molecule has 0 aromatic heterocycles. The Kier molecular flexibility index (Phi) is 7.98. The molecule has 1 saturated carbocycles. The predicted octanol–water partition coefficient (Wildman–Crippen LogP) is 7.15. The number of rotatable bonds is 8. The van der Waals surface area contributed by atoms with Crippen molar-refractivity contribution in [2.24, 2.45) is 16.8 Å². The second-order valence-electron chi connectivity index (χ2n) is 8.36. The van der Waals surface area contributed by atoms with Crippen molar-refractivity contribution < 1.29 is 0 Å². The van der Waals surface area contributed by atoms with Crippen LogP contribution in [0.25, 0.3) is 0 Å². The maximum atomic E-state index is 8.93. The molecule has 0 radical (unpaired) electrons. The maximum absolute atomic E-state index is 8.93. The number of benzene rings is 1. The van der Waals surface area contributed by atoms with Crippen molar-refractivity contribution in [3.8, 4) is 6.07 Å². The second-order valence-corrected chi connectivity index (χ2v) is 8.75. The zero-order valence-electron chi connectivity index (χ0n) is 17.0. The number of hydrogen-bond donors (Lipinski definition) is 0. The van der Waals surface area contributed by atoms with Gasteiger partial charge < -0.3 is 0 Å². The molecule has 150 valence electrons. The summed E-state index contributed by atoms with van der Waals surface area (Å²) < 4.78 is 1.67. The van der Waals surface area contributed by atoms with Crippen LogP contribution in [-0.2, 0) is 0 Å². The molecule has 1 heterocycles. The Bertz CT molecular complexity index is 708. The molecule has 0 amide bonds. The minimum atomic E-state index is -0.211. The standard InChI is InChI=1S/C24H32ClN3/c1-2-3-4-5-19-6-8-20(9-7-19)10-11-22-17-27-24(28(25)18-22)23-14-12-21(16-26)13-15-23/h12-15,17-20,24H,2-11H2,1H3/t19-,20-,24?. The number of allylic oxidation sites excluding steroid dienone is 1. The van der Waals surface area contributed by atoms with Gasteiger partial charge in [0, 0.05) is 24.2 Å². The van der Waals surface area contributed by atoms with Gasteiger partial charge >= 0.3 is 0 Å². The summed E-state index contributed by atoms with van der Waals surface area (Å²) in [7, 11) is 0. The van der Waals surface area contributed by atoms with Crippen LogP contribution in [0.1, 0.15) is 88.4 Å². The first-order chi connectivity index (χ1) is 13.7. The van der Waals surface area contributed by atoms with Crippen LogP contribution in [0.3, 0.4) is 0 Å². The summed E-state index contributed by atoms with van der Waals surface area (Å²) in [5, 5.41) is 8.93. The third-order valence-corrected chi connectivity index (χ3v) is 6.55. The summed E-state index contributed by atoms with van der Waals surface area (Å²) >= 11 is 6.46. The molecule has 0 spiro atoms. The van der Waals surface area contributed by atoms with Crippen LogP contribution in [0, 0.1) is 23.2 Å². The van der Waals surface area contributed by atoms with E-state index in [1.165, 1.54) is 63.4 Å². The molecule has 1 aliphatic carbocycles. The van der Waals surface area contributed by atoms with Crippen LogP contribution in [0.15, 0.2) is 41.0 Å². The Balaban J connectivity index is 1.43. The van der Waals surface area contributed by atoms with Crippen LogP contribution in [0.4, 0.5) is 0 Å². The highest BCUT2D eigenvalue weighted by Gasteiger charge is 2.22. The molecule has 3 rings (SSSR count). The summed E-state index contributed by atoms with van der Waals surface area (Å²) in [5.41, 5.74) is 2.87. The third-order valence-electron chi connectivity index (χ3n) is 6.27. The predicted molar refractivity (Wildman–Crippen MR) is 117 cm³/mol. The topological polar surface area (TPSA) is 39.4 Å². The lowest BCUT2D eigenvalue weighted by Gasteiger charge is -2.29. The summed E-state index contributed by atoms with van der Waals surface area (Å²) in [6.07, 6.45) is 17.3. The van der Waals surface area contributed by atoms with Gasteiger partial charge in [-0.05, 0) is 47.9 Å². The van der Waals surface area contributed by atoms with Gasteiger partial charge in [-0.25, -0.2) is 0 Å². The third kappa shape index (κ3) is 5.85. The van der Waals surface area contributed by atoms with Crippen LogP contribution >= 0.6 is 11.8 Å². The van der Waals surface area contributed by atoms with Gasteiger partial charge in [0.05, 0.1) is 11.6 Å². The van der Waals surface area contributed by atoms with Gasteiger partial charge in [-0.2, -0.15) is 5.26 Å². The van der Waals surface area contributed by atoms with Crippen molar-refractivity contribution in [3.63, 3.8) is 0 Å². The van der Waals surface area contributed by atoms with Crippen LogP contribution in [-0.4, -0.2) is 10.6 Å². The van der Waals surface area contributed by atoms with Gasteiger partial charge in [0.25, 0.3) is 0 Å². The minimum absolute atomic E-state index is 0.211. The Morgan fingerprint density at radius 3 is 2.36 bits per heavy atom. The van der Waals surface area contributed by atoms with Crippen LogP contribution < -0.4 is 0 Å². The summed E-state index contributed by atoms with van der Waals surface area (Å²) in [4.78, 5) is 4.65. The summed E-state index contributed by atoms with van der Waals surface area (Å²) in [6, 6.07) is 9.62. The monoisotopic (exact) mass is 397 g/mol. The highest BCUT2D eigenvalue weighted by molar-refractivity contribution is 6.14. The van der Waals surface area contributed by atoms with Gasteiger partial charge in [0.1, 0.15) is 0 Å². The number of nitrogens with zero attached hydrogens (tertiary/aromatic N) is 3. The summed E-state index contributed by atoms with van der Waals surface area (Å²) in [6.45, 7) is 2.29. The molecule has 1 aromatic carbocycles. The van der Waals surface area contributed by atoms with E-state index in [4.69, 9.17) is 17.0 Å². The molecule has 3 nitrogen and oxygen atoms in total. The molecule has 1 unspecified atom stereocenters. The molecule has 1 atom stereocenters. The molecule has 1 fully saturated rings.